The highest BCUT2D eigenvalue weighted by Gasteiger charge is 2.30. The molecule has 1 heterocycles. The molecule has 110 valence electrons. The first-order chi connectivity index (χ1) is 9.42. The molecule has 0 unspecified atom stereocenters. The van der Waals surface area contributed by atoms with Crippen LogP contribution < -0.4 is 0 Å². The first kappa shape index (κ1) is 15.1. The monoisotopic (exact) mass is 283 g/mol. The highest BCUT2D eigenvalue weighted by atomic mass is 19.2. The second-order valence-electron chi connectivity index (χ2n) is 5.63. The molecule has 5 heteroatoms. The molecule has 1 fully saturated rings. The summed E-state index contributed by atoms with van der Waals surface area (Å²) in [5.41, 5.74) is -0.310. The van der Waals surface area contributed by atoms with E-state index >= 15 is 0 Å². The Bertz CT molecular complexity index is 503. The first-order valence-corrected chi connectivity index (χ1v) is 6.72. The molecule has 0 aromatic heterocycles. The van der Waals surface area contributed by atoms with Gasteiger partial charge in [0.05, 0.1) is 18.8 Å². The van der Waals surface area contributed by atoms with Crippen molar-refractivity contribution in [2.24, 2.45) is 0 Å². The number of hydrogen-bond donors (Lipinski definition) is 0. The molecule has 3 nitrogen and oxygen atoms in total. The van der Waals surface area contributed by atoms with Crippen LogP contribution in [0.2, 0.25) is 0 Å². The van der Waals surface area contributed by atoms with Crippen molar-refractivity contribution in [3.05, 3.63) is 35.4 Å². The molecular formula is C15H19F2NO2. The minimum Gasteiger partial charge on any atom is -0.378 e. The average molecular weight is 283 g/mol. The fourth-order valence-electron chi connectivity index (χ4n) is 2.40. The number of ketones is 1. The number of rotatable bonds is 4. The summed E-state index contributed by atoms with van der Waals surface area (Å²) in [7, 11) is 0. The lowest BCUT2D eigenvalue weighted by molar-refractivity contribution is -0.0502. The van der Waals surface area contributed by atoms with Crippen LogP contribution in [0.15, 0.2) is 18.2 Å². The van der Waals surface area contributed by atoms with Crippen LogP contribution in [0.1, 0.15) is 30.6 Å². The van der Waals surface area contributed by atoms with Crippen molar-refractivity contribution in [3.63, 3.8) is 0 Å². The van der Waals surface area contributed by atoms with Gasteiger partial charge in [0.1, 0.15) is 0 Å². The zero-order valence-corrected chi connectivity index (χ0v) is 11.8. The standard InChI is InChI=1S/C15H19F2NO2/c1-15(2)10-20-9-8-18(15)7-6-13(19)11-4-3-5-12(16)14(11)17/h3-5H,6-10H2,1-2H3. The van der Waals surface area contributed by atoms with Crippen LogP contribution in [0.5, 0.6) is 0 Å². The molecule has 0 spiro atoms. The van der Waals surface area contributed by atoms with Gasteiger partial charge in [0.15, 0.2) is 17.4 Å². The summed E-state index contributed by atoms with van der Waals surface area (Å²) in [6.07, 6.45) is 0.170. The fraction of sp³-hybridized carbons (Fsp3) is 0.533. The summed E-state index contributed by atoms with van der Waals surface area (Å²) >= 11 is 0. The number of halogens is 2. The minimum atomic E-state index is -1.06. The summed E-state index contributed by atoms with van der Waals surface area (Å²) in [5, 5.41) is 0. The van der Waals surface area contributed by atoms with Gasteiger partial charge in [-0.05, 0) is 26.0 Å². The van der Waals surface area contributed by atoms with E-state index in [4.69, 9.17) is 4.74 Å². The summed E-state index contributed by atoms with van der Waals surface area (Å²) in [4.78, 5) is 14.2. The van der Waals surface area contributed by atoms with Crippen LogP contribution >= 0.6 is 0 Å². The van der Waals surface area contributed by atoms with Crippen LogP contribution in [0.3, 0.4) is 0 Å². The number of carbonyl (C=O) groups excluding carboxylic acids is 1. The van der Waals surface area contributed by atoms with Crippen molar-refractivity contribution in [1.82, 2.24) is 4.90 Å². The molecule has 1 aromatic carbocycles. The minimum absolute atomic E-state index is 0.140. The van der Waals surface area contributed by atoms with Gasteiger partial charge in [0, 0.05) is 25.0 Å². The Morgan fingerprint density at radius 3 is 2.85 bits per heavy atom. The third-order valence-electron chi connectivity index (χ3n) is 3.68. The topological polar surface area (TPSA) is 29.5 Å². The third-order valence-corrected chi connectivity index (χ3v) is 3.68. The van der Waals surface area contributed by atoms with Crippen LogP contribution in [0.25, 0.3) is 0 Å². The Morgan fingerprint density at radius 2 is 2.15 bits per heavy atom. The van der Waals surface area contributed by atoms with Gasteiger partial charge < -0.3 is 4.74 Å². The number of benzene rings is 1. The summed E-state index contributed by atoms with van der Waals surface area (Å²) in [5.74, 6) is -2.41. The van der Waals surface area contributed by atoms with E-state index in [1.807, 2.05) is 13.8 Å². The maximum Gasteiger partial charge on any atom is 0.169 e. The molecule has 0 radical (unpaired) electrons. The molecule has 1 saturated heterocycles. The van der Waals surface area contributed by atoms with E-state index in [2.05, 4.69) is 4.90 Å². The van der Waals surface area contributed by atoms with Gasteiger partial charge in [-0.15, -0.1) is 0 Å². The van der Waals surface area contributed by atoms with E-state index in [9.17, 15) is 13.6 Å². The van der Waals surface area contributed by atoms with Crippen molar-refractivity contribution in [3.8, 4) is 0 Å². The highest BCUT2D eigenvalue weighted by molar-refractivity contribution is 5.96. The summed E-state index contributed by atoms with van der Waals surface area (Å²) in [6.45, 7) is 6.58. The number of Topliss-reactive ketones (excluding diaryl/α,β-unsaturated/α-hetero) is 1. The van der Waals surface area contributed by atoms with E-state index < -0.39 is 11.6 Å². The normalized spacial score (nSPS) is 19.0. The second kappa shape index (κ2) is 5.97. The van der Waals surface area contributed by atoms with Gasteiger partial charge in [-0.3, -0.25) is 9.69 Å². The highest BCUT2D eigenvalue weighted by Crippen LogP contribution is 2.20. The van der Waals surface area contributed by atoms with Crippen molar-refractivity contribution in [1.29, 1.82) is 0 Å². The molecule has 0 amide bonds. The summed E-state index contributed by atoms with van der Waals surface area (Å²) in [6, 6.07) is 3.69. The maximum atomic E-state index is 13.5. The Morgan fingerprint density at radius 1 is 1.40 bits per heavy atom. The Kier molecular flexibility index (Phi) is 4.50. The predicted molar refractivity (Wildman–Crippen MR) is 71.8 cm³/mol. The van der Waals surface area contributed by atoms with Gasteiger partial charge in [-0.25, -0.2) is 8.78 Å². The molecule has 2 rings (SSSR count). The van der Waals surface area contributed by atoms with E-state index in [0.717, 1.165) is 12.6 Å². The van der Waals surface area contributed by atoms with E-state index in [-0.39, 0.29) is 23.3 Å². The number of ether oxygens (including phenoxy) is 1. The maximum absolute atomic E-state index is 13.5. The van der Waals surface area contributed by atoms with Gasteiger partial charge in [0.25, 0.3) is 0 Å². The molecule has 0 atom stereocenters. The SMILES string of the molecule is CC1(C)COCCN1CCC(=O)c1cccc(F)c1F. The Labute approximate surface area is 117 Å². The average Bonchev–Trinajstić information content (AvgIpc) is 2.40. The Hall–Kier alpha value is -1.33. The number of morpholine rings is 1. The van der Waals surface area contributed by atoms with Crippen LogP contribution in [-0.2, 0) is 4.74 Å². The van der Waals surface area contributed by atoms with E-state index in [1.165, 1.54) is 12.1 Å². The zero-order chi connectivity index (χ0) is 14.8. The molecule has 0 aliphatic carbocycles. The summed E-state index contributed by atoms with van der Waals surface area (Å²) < 4.78 is 32.0. The van der Waals surface area contributed by atoms with Gasteiger partial charge in [-0.1, -0.05) is 6.07 Å². The molecular weight excluding hydrogens is 264 g/mol. The van der Waals surface area contributed by atoms with Crippen molar-refractivity contribution in [2.75, 3.05) is 26.3 Å². The predicted octanol–water partition coefficient (Wildman–Crippen LogP) is 2.65. The molecule has 1 aromatic rings. The van der Waals surface area contributed by atoms with E-state index in [1.54, 1.807) is 0 Å². The van der Waals surface area contributed by atoms with Crippen LogP contribution in [0.4, 0.5) is 8.78 Å². The van der Waals surface area contributed by atoms with Crippen molar-refractivity contribution in [2.45, 2.75) is 25.8 Å². The molecule has 0 bridgehead atoms. The lowest BCUT2D eigenvalue weighted by Gasteiger charge is -2.42. The molecule has 0 N–H and O–H groups in total. The zero-order valence-electron chi connectivity index (χ0n) is 11.8. The molecule has 1 aliphatic heterocycles. The number of hydrogen-bond acceptors (Lipinski definition) is 3. The van der Waals surface area contributed by atoms with Gasteiger partial charge >= 0.3 is 0 Å². The van der Waals surface area contributed by atoms with Crippen LogP contribution in [0, 0.1) is 11.6 Å². The van der Waals surface area contributed by atoms with Gasteiger partial charge in [0.2, 0.25) is 0 Å². The molecule has 1 aliphatic rings. The smallest absolute Gasteiger partial charge is 0.169 e. The number of carbonyl (C=O) groups is 1. The van der Waals surface area contributed by atoms with Crippen molar-refractivity contribution < 1.29 is 18.3 Å². The molecule has 20 heavy (non-hydrogen) atoms. The molecule has 0 saturated carbocycles. The van der Waals surface area contributed by atoms with E-state index in [0.29, 0.717) is 19.8 Å². The van der Waals surface area contributed by atoms with Crippen molar-refractivity contribution >= 4 is 5.78 Å². The lowest BCUT2D eigenvalue weighted by atomic mass is 10.0. The largest absolute Gasteiger partial charge is 0.378 e. The third kappa shape index (κ3) is 3.22. The van der Waals surface area contributed by atoms with Crippen LogP contribution in [-0.4, -0.2) is 42.5 Å². The lowest BCUT2D eigenvalue weighted by Crippen LogP contribution is -2.53. The fourth-order valence-corrected chi connectivity index (χ4v) is 2.40. The quantitative estimate of drug-likeness (QED) is 0.796. The first-order valence-electron chi connectivity index (χ1n) is 6.72. The number of nitrogens with zero attached hydrogens (tertiary/aromatic N) is 1. The van der Waals surface area contributed by atoms with Gasteiger partial charge in [-0.2, -0.15) is 0 Å². The second-order valence-corrected chi connectivity index (χ2v) is 5.63. The Balaban J connectivity index is 2.00.